The predicted molar refractivity (Wildman–Crippen MR) is 112 cm³/mol. The van der Waals surface area contributed by atoms with Gasteiger partial charge in [-0.05, 0) is 31.1 Å². The molecule has 7 nitrogen and oxygen atoms in total. The first-order chi connectivity index (χ1) is 13.6. The van der Waals surface area contributed by atoms with Gasteiger partial charge in [0.1, 0.15) is 5.69 Å². The molecule has 0 N–H and O–H groups in total. The molecule has 0 aliphatic carbocycles. The van der Waals surface area contributed by atoms with Gasteiger partial charge in [-0.3, -0.25) is 19.8 Å². The van der Waals surface area contributed by atoms with E-state index in [1.54, 1.807) is 18.2 Å². The van der Waals surface area contributed by atoms with Crippen molar-refractivity contribution >= 4 is 29.0 Å². The van der Waals surface area contributed by atoms with Crippen molar-refractivity contribution in [3.8, 4) is 0 Å². The molecule has 28 heavy (non-hydrogen) atoms. The Morgan fingerprint density at radius 2 is 1.75 bits per heavy atom. The van der Waals surface area contributed by atoms with Gasteiger partial charge < -0.3 is 9.80 Å². The number of nitrogens with zero attached hydrogens (tertiary/aromatic N) is 4. The lowest BCUT2D eigenvalue weighted by Crippen LogP contribution is -2.54. The van der Waals surface area contributed by atoms with Crippen LogP contribution in [0.1, 0.15) is 19.3 Å². The topological polar surface area (TPSA) is 69.9 Å². The highest BCUT2D eigenvalue weighted by Crippen LogP contribution is 2.32. The van der Waals surface area contributed by atoms with E-state index >= 15 is 0 Å². The third kappa shape index (κ3) is 4.12. The molecule has 0 aromatic heterocycles. The van der Waals surface area contributed by atoms with Crippen LogP contribution < -0.4 is 4.90 Å². The van der Waals surface area contributed by atoms with Gasteiger partial charge in [-0.25, -0.2) is 0 Å². The van der Waals surface area contributed by atoms with E-state index < -0.39 is 0 Å². The first-order valence-electron chi connectivity index (χ1n) is 10.2. The molecular weight excluding hydrogens is 376 g/mol. The highest BCUT2D eigenvalue weighted by atomic mass is 32.2. The molecule has 8 heteroatoms. The Morgan fingerprint density at radius 1 is 1.04 bits per heavy atom. The third-order valence-corrected chi connectivity index (χ3v) is 7.46. The van der Waals surface area contributed by atoms with Crippen LogP contribution in [0.3, 0.4) is 0 Å². The maximum Gasteiger partial charge on any atom is 0.292 e. The van der Waals surface area contributed by atoms with Gasteiger partial charge in [-0.15, -0.1) is 0 Å². The zero-order valence-electron chi connectivity index (χ0n) is 16.2. The number of nitro benzene ring substituents is 1. The van der Waals surface area contributed by atoms with Gasteiger partial charge >= 0.3 is 0 Å². The second kappa shape index (κ2) is 8.69. The summed E-state index contributed by atoms with van der Waals surface area (Å²) >= 11 is 2.04. The minimum atomic E-state index is -0.324. The average Bonchev–Trinajstić information content (AvgIpc) is 3.28. The fourth-order valence-electron chi connectivity index (χ4n) is 4.63. The zero-order valence-corrected chi connectivity index (χ0v) is 17.0. The smallest absolute Gasteiger partial charge is 0.292 e. The molecule has 3 heterocycles. The summed E-state index contributed by atoms with van der Waals surface area (Å²) in [6.45, 7) is 5.05. The van der Waals surface area contributed by atoms with E-state index in [-0.39, 0.29) is 22.4 Å². The highest BCUT2D eigenvalue weighted by Gasteiger charge is 2.33. The Morgan fingerprint density at radius 3 is 2.39 bits per heavy atom. The lowest BCUT2D eigenvalue weighted by Gasteiger charge is -2.40. The van der Waals surface area contributed by atoms with Gasteiger partial charge in [-0.2, -0.15) is 11.8 Å². The number of para-hydroxylation sites is 2. The standard InChI is InChI=1S/C20H28N4O3S/c25-20(23-12-10-21(11-13-23)17-7-14-28-15-17)16-5-8-22(9-6-16)18-3-1-2-4-19(18)24(26)27/h1-4,16-17H,5-15H2/t17-/m0/s1. The van der Waals surface area contributed by atoms with Crippen LogP contribution in [0.15, 0.2) is 24.3 Å². The van der Waals surface area contributed by atoms with Crippen LogP contribution >= 0.6 is 11.8 Å². The van der Waals surface area contributed by atoms with Crippen molar-refractivity contribution < 1.29 is 9.72 Å². The fraction of sp³-hybridized carbons (Fsp3) is 0.650. The number of benzene rings is 1. The lowest BCUT2D eigenvalue weighted by atomic mass is 9.94. The lowest BCUT2D eigenvalue weighted by molar-refractivity contribution is -0.384. The minimum absolute atomic E-state index is 0.0487. The van der Waals surface area contributed by atoms with Crippen LogP contribution in [0, 0.1) is 16.0 Å². The Labute approximate surface area is 170 Å². The van der Waals surface area contributed by atoms with Crippen molar-refractivity contribution in [1.29, 1.82) is 0 Å². The van der Waals surface area contributed by atoms with Gasteiger partial charge in [0.15, 0.2) is 0 Å². The van der Waals surface area contributed by atoms with Crippen LogP contribution in [0.5, 0.6) is 0 Å². The third-order valence-electron chi connectivity index (χ3n) is 6.31. The molecule has 3 aliphatic rings. The number of piperazine rings is 1. The second-order valence-electron chi connectivity index (χ2n) is 7.89. The van der Waals surface area contributed by atoms with Crippen LogP contribution in [0.2, 0.25) is 0 Å². The van der Waals surface area contributed by atoms with Gasteiger partial charge in [0.05, 0.1) is 4.92 Å². The monoisotopic (exact) mass is 404 g/mol. The number of piperidine rings is 1. The van der Waals surface area contributed by atoms with Crippen molar-refractivity contribution in [2.75, 3.05) is 55.7 Å². The highest BCUT2D eigenvalue weighted by molar-refractivity contribution is 7.99. The minimum Gasteiger partial charge on any atom is -0.366 e. The van der Waals surface area contributed by atoms with E-state index in [1.807, 2.05) is 22.7 Å². The van der Waals surface area contributed by atoms with Crippen molar-refractivity contribution in [3.05, 3.63) is 34.4 Å². The quantitative estimate of drug-likeness (QED) is 0.567. The number of anilines is 1. The largest absolute Gasteiger partial charge is 0.366 e. The summed E-state index contributed by atoms with van der Waals surface area (Å²) in [6, 6.07) is 7.59. The summed E-state index contributed by atoms with van der Waals surface area (Å²) in [6.07, 6.45) is 2.82. The maximum absolute atomic E-state index is 13.0. The molecule has 1 amide bonds. The first-order valence-corrected chi connectivity index (χ1v) is 11.4. The number of hydrogen-bond acceptors (Lipinski definition) is 6. The molecule has 0 unspecified atom stereocenters. The molecule has 1 atom stereocenters. The van der Waals surface area contributed by atoms with E-state index in [1.165, 1.54) is 17.9 Å². The molecule has 3 fully saturated rings. The molecule has 0 radical (unpaired) electrons. The molecule has 1 aromatic carbocycles. The van der Waals surface area contributed by atoms with Crippen molar-refractivity contribution in [3.63, 3.8) is 0 Å². The molecule has 0 bridgehead atoms. The molecule has 0 saturated carbocycles. The zero-order chi connectivity index (χ0) is 19.5. The van der Waals surface area contributed by atoms with Crippen LogP contribution in [-0.2, 0) is 4.79 Å². The summed E-state index contributed by atoms with van der Waals surface area (Å²) in [5.74, 6) is 2.83. The number of amides is 1. The average molecular weight is 405 g/mol. The predicted octanol–water partition coefficient (Wildman–Crippen LogP) is 2.46. The summed E-state index contributed by atoms with van der Waals surface area (Å²) in [5, 5.41) is 11.3. The van der Waals surface area contributed by atoms with Crippen LogP contribution in [0.4, 0.5) is 11.4 Å². The number of carbonyl (C=O) groups excluding carboxylic acids is 1. The van der Waals surface area contributed by atoms with E-state index in [0.29, 0.717) is 24.8 Å². The molecule has 1 aromatic rings. The fourth-order valence-corrected chi connectivity index (χ4v) is 5.88. The molecular formula is C20H28N4O3S. The Balaban J connectivity index is 1.29. The second-order valence-corrected chi connectivity index (χ2v) is 9.04. The Bertz CT molecular complexity index is 709. The van der Waals surface area contributed by atoms with E-state index in [4.69, 9.17) is 0 Å². The Kier molecular flexibility index (Phi) is 6.06. The first kappa shape index (κ1) is 19.5. The van der Waals surface area contributed by atoms with Crippen molar-refractivity contribution in [2.45, 2.75) is 25.3 Å². The number of thioether (sulfide) groups is 1. The SMILES string of the molecule is O=C(C1CCN(c2ccccc2[N+](=O)[O-])CC1)N1CCN([C@H]2CCSC2)CC1. The number of carbonyl (C=O) groups is 1. The van der Waals surface area contributed by atoms with Crippen molar-refractivity contribution in [2.24, 2.45) is 5.92 Å². The van der Waals surface area contributed by atoms with E-state index in [0.717, 1.165) is 39.0 Å². The van der Waals surface area contributed by atoms with Gasteiger partial charge in [-0.1, -0.05) is 12.1 Å². The normalized spacial score (nSPS) is 24.5. The van der Waals surface area contributed by atoms with Crippen LogP contribution in [-0.4, -0.2) is 77.4 Å². The van der Waals surface area contributed by atoms with Crippen LogP contribution in [0.25, 0.3) is 0 Å². The molecule has 152 valence electrons. The molecule has 3 saturated heterocycles. The van der Waals surface area contributed by atoms with E-state index in [9.17, 15) is 14.9 Å². The van der Waals surface area contributed by atoms with Crippen molar-refractivity contribution in [1.82, 2.24) is 9.80 Å². The summed E-state index contributed by atoms with van der Waals surface area (Å²) < 4.78 is 0. The number of rotatable bonds is 4. The van der Waals surface area contributed by atoms with Gasteiger partial charge in [0.2, 0.25) is 5.91 Å². The Hall–Kier alpha value is -1.80. The molecule has 3 aliphatic heterocycles. The van der Waals surface area contributed by atoms with Gasteiger partial charge in [0.25, 0.3) is 5.69 Å². The summed E-state index contributed by atoms with van der Waals surface area (Å²) in [5.41, 5.74) is 0.815. The number of nitro groups is 1. The number of hydrogen-bond donors (Lipinski definition) is 0. The van der Waals surface area contributed by atoms with Gasteiger partial charge in [0, 0.05) is 63.0 Å². The molecule has 4 rings (SSSR count). The summed E-state index contributed by atoms with van der Waals surface area (Å²) in [7, 11) is 0. The molecule has 0 spiro atoms. The maximum atomic E-state index is 13.0. The summed E-state index contributed by atoms with van der Waals surface area (Å²) in [4.78, 5) is 30.6. The van der Waals surface area contributed by atoms with E-state index in [2.05, 4.69) is 9.80 Å².